The summed E-state index contributed by atoms with van der Waals surface area (Å²) in [5, 5.41) is 0. The van der Waals surface area contributed by atoms with Gasteiger partial charge < -0.3 is 5.73 Å². The third-order valence-corrected chi connectivity index (χ3v) is 4.38. The minimum Gasteiger partial charge on any atom is -0.327 e. The van der Waals surface area contributed by atoms with Gasteiger partial charge in [0.1, 0.15) is 0 Å². The molecule has 1 unspecified atom stereocenters. The topological polar surface area (TPSA) is 26.0 Å². The SMILES string of the molecule is CCCC(N)CSc1ccc2c(c1)CCC2. The van der Waals surface area contributed by atoms with E-state index in [9.17, 15) is 0 Å². The molecular weight excluding hydrogens is 214 g/mol. The first-order valence-corrected chi connectivity index (χ1v) is 7.28. The van der Waals surface area contributed by atoms with Crippen LogP contribution in [0.4, 0.5) is 0 Å². The number of aryl methyl sites for hydroxylation is 2. The fourth-order valence-electron chi connectivity index (χ4n) is 2.30. The van der Waals surface area contributed by atoms with E-state index in [1.807, 2.05) is 11.8 Å². The molecule has 2 N–H and O–H groups in total. The van der Waals surface area contributed by atoms with Crippen molar-refractivity contribution in [3.63, 3.8) is 0 Å². The maximum atomic E-state index is 6.02. The van der Waals surface area contributed by atoms with Crippen molar-refractivity contribution in [3.8, 4) is 0 Å². The van der Waals surface area contributed by atoms with E-state index in [1.54, 1.807) is 11.1 Å². The van der Waals surface area contributed by atoms with E-state index in [4.69, 9.17) is 5.73 Å². The van der Waals surface area contributed by atoms with Crippen LogP contribution in [0, 0.1) is 0 Å². The van der Waals surface area contributed by atoms with Crippen LogP contribution in [0.1, 0.15) is 37.3 Å². The van der Waals surface area contributed by atoms with Gasteiger partial charge in [0.2, 0.25) is 0 Å². The smallest absolute Gasteiger partial charge is 0.0133 e. The van der Waals surface area contributed by atoms with E-state index in [1.165, 1.54) is 30.6 Å². The Kier molecular flexibility index (Phi) is 4.30. The molecule has 0 spiro atoms. The Balaban J connectivity index is 1.90. The molecule has 1 aromatic carbocycles. The Morgan fingerprint density at radius 2 is 2.12 bits per heavy atom. The van der Waals surface area contributed by atoms with Gasteiger partial charge in [-0.1, -0.05) is 19.4 Å². The highest BCUT2D eigenvalue weighted by molar-refractivity contribution is 7.99. The molecule has 1 nitrogen and oxygen atoms in total. The average molecular weight is 235 g/mol. The van der Waals surface area contributed by atoms with Gasteiger partial charge in [0.15, 0.2) is 0 Å². The van der Waals surface area contributed by atoms with Gasteiger partial charge in [0, 0.05) is 16.7 Å². The van der Waals surface area contributed by atoms with E-state index in [0.29, 0.717) is 6.04 Å². The van der Waals surface area contributed by atoms with Gasteiger partial charge in [0.05, 0.1) is 0 Å². The normalized spacial score (nSPS) is 16.1. The maximum Gasteiger partial charge on any atom is 0.0133 e. The van der Waals surface area contributed by atoms with Crippen LogP contribution in [0.5, 0.6) is 0 Å². The van der Waals surface area contributed by atoms with Crippen LogP contribution in [-0.2, 0) is 12.8 Å². The summed E-state index contributed by atoms with van der Waals surface area (Å²) in [6.45, 7) is 2.19. The first-order chi connectivity index (χ1) is 7.79. The predicted octanol–water partition coefficient (Wildman–Crippen LogP) is 3.39. The van der Waals surface area contributed by atoms with Crippen molar-refractivity contribution in [2.45, 2.75) is 50.0 Å². The highest BCUT2D eigenvalue weighted by atomic mass is 32.2. The van der Waals surface area contributed by atoms with Crippen molar-refractivity contribution in [3.05, 3.63) is 29.3 Å². The molecule has 1 atom stereocenters. The van der Waals surface area contributed by atoms with Crippen LogP contribution >= 0.6 is 11.8 Å². The van der Waals surface area contributed by atoms with Crippen molar-refractivity contribution in [2.75, 3.05) is 5.75 Å². The molecular formula is C14H21NS. The molecule has 16 heavy (non-hydrogen) atoms. The molecule has 2 rings (SSSR count). The van der Waals surface area contributed by atoms with Crippen LogP contribution in [0.15, 0.2) is 23.1 Å². The van der Waals surface area contributed by atoms with Crippen LogP contribution in [0.3, 0.4) is 0 Å². The van der Waals surface area contributed by atoms with E-state index in [2.05, 4.69) is 25.1 Å². The third-order valence-electron chi connectivity index (χ3n) is 3.19. The fourth-order valence-corrected chi connectivity index (χ4v) is 3.26. The molecule has 1 aliphatic rings. The Hall–Kier alpha value is -0.470. The van der Waals surface area contributed by atoms with E-state index in [-0.39, 0.29) is 0 Å². The summed E-state index contributed by atoms with van der Waals surface area (Å²) in [7, 11) is 0. The first-order valence-electron chi connectivity index (χ1n) is 6.29. The number of hydrogen-bond donors (Lipinski definition) is 1. The van der Waals surface area contributed by atoms with Crippen molar-refractivity contribution in [2.24, 2.45) is 5.73 Å². The van der Waals surface area contributed by atoms with E-state index < -0.39 is 0 Å². The summed E-state index contributed by atoms with van der Waals surface area (Å²) in [4.78, 5) is 1.40. The molecule has 1 aliphatic carbocycles. The number of thioether (sulfide) groups is 1. The highest BCUT2D eigenvalue weighted by Crippen LogP contribution is 2.27. The summed E-state index contributed by atoms with van der Waals surface area (Å²) in [6, 6.07) is 7.28. The van der Waals surface area contributed by atoms with Gasteiger partial charge in [-0.25, -0.2) is 0 Å². The summed E-state index contributed by atoms with van der Waals surface area (Å²) in [6.07, 6.45) is 6.20. The van der Waals surface area contributed by atoms with Gasteiger partial charge >= 0.3 is 0 Å². The largest absolute Gasteiger partial charge is 0.327 e. The van der Waals surface area contributed by atoms with Crippen LogP contribution in [-0.4, -0.2) is 11.8 Å². The van der Waals surface area contributed by atoms with Gasteiger partial charge in [0.25, 0.3) is 0 Å². The van der Waals surface area contributed by atoms with Crippen LogP contribution in [0.25, 0.3) is 0 Å². The Labute approximate surface area is 103 Å². The number of hydrogen-bond acceptors (Lipinski definition) is 2. The Bertz CT molecular complexity index is 349. The molecule has 0 aliphatic heterocycles. The summed E-state index contributed by atoms with van der Waals surface area (Å²) in [5.41, 5.74) is 9.15. The molecule has 0 fully saturated rings. The van der Waals surface area contributed by atoms with Gasteiger partial charge in [-0.3, -0.25) is 0 Å². The number of benzene rings is 1. The lowest BCUT2D eigenvalue weighted by atomic mass is 10.1. The third kappa shape index (κ3) is 3.02. The molecule has 2 heteroatoms. The molecule has 0 saturated heterocycles. The van der Waals surface area contributed by atoms with Crippen molar-refractivity contribution in [1.82, 2.24) is 0 Å². The van der Waals surface area contributed by atoms with E-state index in [0.717, 1.165) is 12.2 Å². The minimum absolute atomic E-state index is 0.350. The lowest BCUT2D eigenvalue weighted by Gasteiger charge is -2.10. The second kappa shape index (κ2) is 5.74. The molecule has 0 radical (unpaired) electrons. The predicted molar refractivity (Wildman–Crippen MR) is 72.1 cm³/mol. The van der Waals surface area contributed by atoms with Crippen LogP contribution in [0.2, 0.25) is 0 Å². The molecule has 1 aromatic rings. The molecule has 0 saturated carbocycles. The van der Waals surface area contributed by atoms with E-state index >= 15 is 0 Å². The summed E-state index contributed by atoms with van der Waals surface area (Å²) < 4.78 is 0. The zero-order chi connectivity index (χ0) is 11.4. The highest BCUT2D eigenvalue weighted by Gasteiger charge is 2.11. The van der Waals surface area contributed by atoms with Crippen molar-refractivity contribution < 1.29 is 0 Å². The second-order valence-corrected chi connectivity index (χ2v) is 5.74. The summed E-state index contributed by atoms with van der Waals surface area (Å²) >= 11 is 1.91. The van der Waals surface area contributed by atoms with Crippen molar-refractivity contribution in [1.29, 1.82) is 0 Å². The van der Waals surface area contributed by atoms with Gasteiger partial charge in [-0.2, -0.15) is 0 Å². The monoisotopic (exact) mass is 235 g/mol. The zero-order valence-electron chi connectivity index (χ0n) is 10.0. The van der Waals surface area contributed by atoms with Gasteiger partial charge in [-0.05, 0) is 48.9 Å². The number of nitrogens with two attached hydrogens (primary N) is 1. The molecule has 88 valence electrons. The lowest BCUT2D eigenvalue weighted by molar-refractivity contribution is 0.661. The number of rotatable bonds is 5. The average Bonchev–Trinajstić information content (AvgIpc) is 2.74. The Morgan fingerprint density at radius 1 is 1.31 bits per heavy atom. The minimum atomic E-state index is 0.350. The fraction of sp³-hybridized carbons (Fsp3) is 0.571. The molecule has 0 aromatic heterocycles. The molecule has 0 bridgehead atoms. The first kappa shape index (κ1) is 12.0. The van der Waals surface area contributed by atoms with Crippen LogP contribution < -0.4 is 5.73 Å². The number of fused-ring (bicyclic) bond motifs is 1. The maximum absolute atomic E-state index is 6.02. The quantitative estimate of drug-likeness (QED) is 0.792. The molecule has 0 heterocycles. The lowest BCUT2D eigenvalue weighted by Crippen LogP contribution is -2.22. The van der Waals surface area contributed by atoms with Crippen molar-refractivity contribution >= 4 is 11.8 Å². The summed E-state index contributed by atoms with van der Waals surface area (Å²) in [5.74, 6) is 1.05. The second-order valence-electron chi connectivity index (χ2n) is 4.64. The molecule has 0 amide bonds. The zero-order valence-corrected chi connectivity index (χ0v) is 10.9. The van der Waals surface area contributed by atoms with Gasteiger partial charge in [-0.15, -0.1) is 11.8 Å². The Morgan fingerprint density at radius 3 is 2.94 bits per heavy atom. The standard InChI is InChI=1S/C14H21NS/c1-2-4-13(15)10-16-14-8-7-11-5-3-6-12(11)9-14/h7-9,13H,2-6,10,15H2,1H3.